The summed E-state index contributed by atoms with van der Waals surface area (Å²) in [7, 11) is 1.64. The van der Waals surface area contributed by atoms with Gasteiger partial charge in [0, 0.05) is 42.5 Å². The van der Waals surface area contributed by atoms with Crippen molar-refractivity contribution in [1.29, 1.82) is 0 Å². The lowest BCUT2D eigenvalue weighted by atomic mass is 9.83. The fourth-order valence-electron chi connectivity index (χ4n) is 4.89. The molecular formula is C24H30N2O3S. The van der Waals surface area contributed by atoms with E-state index in [1.54, 1.807) is 18.4 Å². The second kappa shape index (κ2) is 9.65. The van der Waals surface area contributed by atoms with Crippen LogP contribution in [-0.4, -0.2) is 54.4 Å². The zero-order valence-electron chi connectivity index (χ0n) is 17.6. The van der Waals surface area contributed by atoms with Gasteiger partial charge in [0.15, 0.2) is 0 Å². The summed E-state index contributed by atoms with van der Waals surface area (Å²) in [4.78, 5) is 31.2. The second-order valence-corrected chi connectivity index (χ2v) is 9.29. The van der Waals surface area contributed by atoms with Crippen molar-refractivity contribution in [1.82, 2.24) is 9.80 Å². The van der Waals surface area contributed by atoms with E-state index < -0.39 is 0 Å². The summed E-state index contributed by atoms with van der Waals surface area (Å²) < 4.78 is 5.40. The Balaban J connectivity index is 1.34. The van der Waals surface area contributed by atoms with Crippen LogP contribution in [0.3, 0.4) is 0 Å². The fourth-order valence-corrected chi connectivity index (χ4v) is 5.60. The maximum Gasteiger partial charge on any atom is 0.227 e. The van der Waals surface area contributed by atoms with Gasteiger partial charge in [-0.15, -0.1) is 11.3 Å². The molecular weight excluding hydrogens is 396 g/mol. The van der Waals surface area contributed by atoms with Crippen molar-refractivity contribution in [3.05, 3.63) is 52.2 Å². The third-order valence-electron chi connectivity index (χ3n) is 6.44. The summed E-state index contributed by atoms with van der Waals surface area (Å²) in [5.41, 5.74) is 0.932. The van der Waals surface area contributed by atoms with Crippen LogP contribution in [0.15, 0.2) is 41.8 Å². The SMILES string of the molecule is COc1ccccc1CC(=O)N1CC[C@H]2[C@@H](CCCN2C(=O)CCc2cccs2)C1. The van der Waals surface area contributed by atoms with Crippen LogP contribution < -0.4 is 4.74 Å². The Bertz CT molecular complexity index is 867. The number of hydrogen-bond donors (Lipinski definition) is 0. The van der Waals surface area contributed by atoms with E-state index in [-0.39, 0.29) is 17.9 Å². The number of fused-ring (bicyclic) bond motifs is 1. The quantitative estimate of drug-likeness (QED) is 0.707. The molecule has 2 fully saturated rings. The number of amides is 2. The van der Waals surface area contributed by atoms with Crippen LogP contribution in [0.4, 0.5) is 0 Å². The molecule has 160 valence electrons. The predicted octanol–water partition coefficient (Wildman–Crippen LogP) is 3.77. The van der Waals surface area contributed by atoms with Crippen molar-refractivity contribution in [3.63, 3.8) is 0 Å². The Morgan fingerprint density at radius 3 is 2.77 bits per heavy atom. The second-order valence-electron chi connectivity index (χ2n) is 8.25. The minimum atomic E-state index is 0.152. The number of likely N-dealkylation sites (tertiary alicyclic amines) is 2. The van der Waals surface area contributed by atoms with Gasteiger partial charge in [0.25, 0.3) is 0 Å². The van der Waals surface area contributed by atoms with Gasteiger partial charge in [-0.25, -0.2) is 0 Å². The highest BCUT2D eigenvalue weighted by atomic mass is 32.1. The van der Waals surface area contributed by atoms with Crippen molar-refractivity contribution in [2.75, 3.05) is 26.7 Å². The lowest BCUT2D eigenvalue weighted by molar-refractivity contribution is -0.141. The molecule has 0 unspecified atom stereocenters. The van der Waals surface area contributed by atoms with Gasteiger partial charge < -0.3 is 14.5 Å². The maximum atomic E-state index is 13.0. The molecule has 4 rings (SSSR count). The van der Waals surface area contributed by atoms with Gasteiger partial charge in [-0.1, -0.05) is 24.3 Å². The summed E-state index contributed by atoms with van der Waals surface area (Å²) in [6.07, 6.45) is 4.78. The lowest BCUT2D eigenvalue weighted by Crippen LogP contribution is -2.56. The molecule has 0 spiro atoms. The molecule has 3 heterocycles. The Morgan fingerprint density at radius 1 is 1.10 bits per heavy atom. The zero-order valence-corrected chi connectivity index (χ0v) is 18.4. The molecule has 1 aromatic heterocycles. The average Bonchev–Trinajstić information content (AvgIpc) is 3.30. The van der Waals surface area contributed by atoms with E-state index in [0.717, 1.165) is 56.6 Å². The monoisotopic (exact) mass is 426 g/mol. The van der Waals surface area contributed by atoms with E-state index in [2.05, 4.69) is 16.3 Å². The van der Waals surface area contributed by atoms with Crippen LogP contribution in [0, 0.1) is 5.92 Å². The first kappa shape index (κ1) is 20.9. The van der Waals surface area contributed by atoms with Crippen molar-refractivity contribution >= 4 is 23.2 Å². The number of aryl methyl sites for hydroxylation is 1. The van der Waals surface area contributed by atoms with Crippen molar-refractivity contribution in [2.24, 2.45) is 5.92 Å². The van der Waals surface area contributed by atoms with E-state index in [4.69, 9.17) is 4.74 Å². The number of thiophene rings is 1. The third-order valence-corrected chi connectivity index (χ3v) is 7.38. The number of carbonyl (C=O) groups excluding carboxylic acids is 2. The first-order chi connectivity index (χ1) is 14.7. The Kier molecular flexibility index (Phi) is 6.72. The molecule has 0 N–H and O–H groups in total. The Labute approximate surface area is 182 Å². The Morgan fingerprint density at radius 2 is 1.97 bits per heavy atom. The van der Waals surface area contributed by atoms with E-state index in [1.165, 1.54) is 4.88 Å². The standard InChI is InChI=1S/C24H30N2O3S/c1-29-22-9-3-2-6-18(22)16-24(28)25-14-12-21-19(17-25)7-4-13-26(21)23(27)11-10-20-8-5-15-30-20/h2-3,5-6,8-9,15,19,21H,4,7,10-14,16-17H2,1H3/t19-,21-/m0/s1. The smallest absolute Gasteiger partial charge is 0.227 e. The van der Waals surface area contributed by atoms with Crippen LogP contribution in [0.1, 0.15) is 36.1 Å². The van der Waals surface area contributed by atoms with Gasteiger partial charge in [-0.2, -0.15) is 0 Å². The molecule has 2 saturated heterocycles. The number of ether oxygens (including phenoxy) is 1. The minimum absolute atomic E-state index is 0.152. The molecule has 0 saturated carbocycles. The number of rotatable bonds is 6. The van der Waals surface area contributed by atoms with Crippen molar-refractivity contribution in [2.45, 2.75) is 44.6 Å². The van der Waals surface area contributed by atoms with Gasteiger partial charge in [-0.3, -0.25) is 9.59 Å². The van der Waals surface area contributed by atoms with E-state index >= 15 is 0 Å². The number of methoxy groups -OCH3 is 1. The molecule has 2 aromatic rings. The number of nitrogens with zero attached hydrogens (tertiary/aromatic N) is 2. The molecule has 2 amide bonds. The average molecular weight is 427 g/mol. The zero-order chi connectivity index (χ0) is 20.9. The number of carbonyl (C=O) groups is 2. The molecule has 0 radical (unpaired) electrons. The number of para-hydroxylation sites is 1. The summed E-state index contributed by atoms with van der Waals surface area (Å²) >= 11 is 1.72. The summed E-state index contributed by atoms with van der Waals surface area (Å²) in [6, 6.07) is 12.1. The topological polar surface area (TPSA) is 49.9 Å². The van der Waals surface area contributed by atoms with Crippen LogP contribution >= 0.6 is 11.3 Å². The van der Waals surface area contributed by atoms with Crippen LogP contribution in [-0.2, 0) is 22.4 Å². The predicted molar refractivity (Wildman–Crippen MR) is 119 cm³/mol. The van der Waals surface area contributed by atoms with Crippen molar-refractivity contribution < 1.29 is 14.3 Å². The molecule has 1 aromatic carbocycles. The first-order valence-corrected chi connectivity index (χ1v) is 11.7. The van der Waals surface area contributed by atoms with Gasteiger partial charge in [0.1, 0.15) is 5.75 Å². The van der Waals surface area contributed by atoms with E-state index in [0.29, 0.717) is 18.8 Å². The molecule has 0 bridgehead atoms. The molecule has 30 heavy (non-hydrogen) atoms. The van der Waals surface area contributed by atoms with Gasteiger partial charge in [0.05, 0.1) is 13.5 Å². The van der Waals surface area contributed by atoms with Gasteiger partial charge in [0.2, 0.25) is 11.8 Å². The fraction of sp³-hybridized carbons (Fsp3) is 0.500. The number of benzene rings is 1. The van der Waals surface area contributed by atoms with Gasteiger partial charge in [-0.05, 0) is 49.1 Å². The lowest BCUT2D eigenvalue weighted by Gasteiger charge is -2.47. The summed E-state index contributed by atoms with van der Waals surface area (Å²) in [5, 5.41) is 2.06. The highest BCUT2D eigenvalue weighted by Gasteiger charge is 2.39. The summed E-state index contributed by atoms with van der Waals surface area (Å²) in [6.45, 7) is 2.34. The normalized spacial score (nSPS) is 21.2. The van der Waals surface area contributed by atoms with E-state index in [9.17, 15) is 9.59 Å². The molecule has 6 heteroatoms. The Hall–Kier alpha value is -2.34. The molecule has 5 nitrogen and oxygen atoms in total. The largest absolute Gasteiger partial charge is 0.496 e. The highest BCUT2D eigenvalue weighted by molar-refractivity contribution is 7.09. The molecule has 2 aliphatic heterocycles. The summed E-state index contributed by atoms with van der Waals surface area (Å²) in [5.74, 6) is 1.58. The van der Waals surface area contributed by atoms with Crippen LogP contribution in [0.25, 0.3) is 0 Å². The van der Waals surface area contributed by atoms with E-state index in [1.807, 2.05) is 35.2 Å². The van der Waals surface area contributed by atoms with Crippen molar-refractivity contribution in [3.8, 4) is 5.75 Å². The number of piperidine rings is 2. The first-order valence-electron chi connectivity index (χ1n) is 10.9. The maximum absolute atomic E-state index is 13.0. The third kappa shape index (κ3) is 4.69. The van der Waals surface area contributed by atoms with Crippen LogP contribution in [0.5, 0.6) is 5.75 Å². The van der Waals surface area contributed by atoms with Gasteiger partial charge >= 0.3 is 0 Å². The highest BCUT2D eigenvalue weighted by Crippen LogP contribution is 2.32. The molecule has 2 aliphatic rings. The van der Waals surface area contributed by atoms with Crippen LogP contribution in [0.2, 0.25) is 0 Å². The molecule has 0 aliphatic carbocycles. The minimum Gasteiger partial charge on any atom is -0.496 e. The molecule has 2 atom stereocenters. The number of hydrogen-bond acceptors (Lipinski definition) is 4.